The van der Waals surface area contributed by atoms with Crippen molar-refractivity contribution in [3.63, 3.8) is 0 Å². The molecular weight excluding hydrogens is 649 g/mol. The van der Waals surface area contributed by atoms with Crippen molar-refractivity contribution in [3.05, 3.63) is 131 Å². The van der Waals surface area contributed by atoms with Gasteiger partial charge in [-0.3, -0.25) is 9.59 Å². The molecular formula is C44H52N4O4. The monoisotopic (exact) mass is 700 g/mol. The van der Waals surface area contributed by atoms with E-state index in [9.17, 15) is 9.59 Å². The number of carbonyl (C=O) groups excluding carboxylic acids is 2. The second-order valence-electron chi connectivity index (χ2n) is 14.7. The first kappa shape index (κ1) is 37.7. The minimum absolute atomic E-state index is 0.641. The van der Waals surface area contributed by atoms with Gasteiger partial charge in [-0.05, 0) is 70.8 Å². The van der Waals surface area contributed by atoms with Crippen molar-refractivity contribution in [2.45, 2.75) is 31.5 Å². The fourth-order valence-corrected chi connectivity index (χ4v) is 6.61. The summed E-state index contributed by atoms with van der Waals surface area (Å²) in [5.41, 5.74) is 5.69. The predicted octanol–water partition coefficient (Wildman–Crippen LogP) is 8.07. The number of cyclic esters (lactones) is 2. The molecule has 1 aliphatic heterocycles. The van der Waals surface area contributed by atoms with Gasteiger partial charge in [0.2, 0.25) is 0 Å². The topological polar surface area (TPSA) is 65.6 Å². The lowest BCUT2D eigenvalue weighted by Crippen LogP contribution is -2.58. The highest BCUT2D eigenvalue weighted by Crippen LogP contribution is 2.54. The maximum absolute atomic E-state index is 15.0. The van der Waals surface area contributed by atoms with Crippen LogP contribution in [0.25, 0.3) is 12.2 Å². The molecule has 2 atom stereocenters. The molecule has 0 aliphatic carbocycles. The molecule has 8 nitrogen and oxygen atoms in total. The third-order valence-corrected chi connectivity index (χ3v) is 9.65. The second-order valence-corrected chi connectivity index (χ2v) is 14.7. The summed E-state index contributed by atoms with van der Waals surface area (Å²) in [6, 6.07) is 32.2. The van der Waals surface area contributed by atoms with Gasteiger partial charge in [0.1, 0.15) is 0 Å². The SMILES string of the molecule is CN(C)c1ccc(/C=C/C(c2ccc(N(C)C)cc2)C2(C(/C=C/c3ccc(N(C)C)cc3)c3ccc(N(C)C)cc3)C(=O)OC(C)(C)OC2=O)cc1. The van der Waals surface area contributed by atoms with E-state index in [4.69, 9.17) is 9.47 Å². The highest BCUT2D eigenvalue weighted by atomic mass is 16.7. The summed E-state index contributed by atoms with van der Waals surface area (Å²) in [6.07, 6.45) is 7.86. The molecule has 0 bridgehead atoms. The molecule has 52 heavy (non-hydrogen) atoms. The fourth-order valence-electron chi connectivity index (χ4n) is 6.61. The Morgan fingerprint density at radius 2 is 0.731 bits per heavy atom. The van der Waals surface area contributed by atoms with E-state index in [1.54, 1.807) is 13.8 Å². The largest absolute Gasteiger partial charge is 0.422 e. The number of hydrogen-bond acceptors (Lipinski definition) is 8. The van der Waals surface area contributed by atoms with E-state index in [0.717, 1.165) is 45.0 Å². The van der Waals surface area contributed by atoms with Gasteiger partial charge in [0.15, 0.2) is 5.41 Å². The number of anilines is 4. The van der Waals surface area contributed by atoms with Gasteiger partial charge in [-0.25, -0.2) is 0 Å². The maximum atomic E-state index is 15.0. The van der Waals surface area contributed by atoms with Gasteiger partial charge in [0.25, 0.3) is 5.79 Å². The summed E-state index contributed by atoms with van der Waals surface area (Å²) in [6.45, 7) is 3.19. The summed E-state index contributed by atoms with van der Waals surface area (Å²) < 4.78 is 12.2. The fraction of sp³-hybridized carbons (Fsp3) is 0.318. The lowest BCUT2D eigenvalue weighted by atomic mass is 9.61. The highest BCUT2D eigenvalue weighted by molar-refractivity contribution is 6.05. The summed E-state index contributed by atoms with van der Waals surface area (Å²) in [7, 11) is 15.9. The van der Waals surface area contributed by atoms with Crippen LogP contribution in [0.4, 0.5) is 22.7 Å². The number of rotatable bonds is 12. The minimum atomic E-state index is -1.84. The molecule has 0 amide bonds. The lowest BCUT2D eigenvalue weighted by Gasteiger charge is -2.46. The maximum Gasteiger partial charge on any atom is 0.328 e. The van der Waals surface area contributed by atoms with Crippen LogP contribution in [0.5, 0.6) is 0 Å². The van der Waals surface area contributed by atoms with Gasteiger partial charge in [-0.1, -0.05) is 72.8 Å². The average molecular weight is 701 g/mol. The molecule has 5 rings (SSSR count). The molecule has 0 aromatic heterocycles. The van der Waals surface area contributed by atoms with Gasteiger partial charge < -0.3 is 29.1 Å². The Labute approximate surface area is 309 Å². The van der Waals surface area contributed by atoms with Gasteiger partial charge in [-0.15, -0.1) is 0 Å². The van der Waals surface area contributed by atoms with Crippen molar-refractivity contribution in [2.75, 3.05) is 76.0 Å². The third kappa shape index (κ3) is 8.01. The Bertz CT molecular complexity index is 1750. The van der Waals surface area contributed by atoms with Crippen LogP contribution in [0.15, 0.2) is 109 Å². The van der Waals surface area contributed by atoms with E-state index >= 15 is 0 Å². The van der Waals surface area contributed by atoms with E-state index in [0.29, 0.717) is 0 Å². The van der Waals surface area contributed by atoms with Gasteiger partial charge in [-0.2, -0.15) is 0 Å². The quantitative estimate of drug-likeness (QED) is 0.109. The predicted molar refractivity (Wildman–Crippen MR) is 215 cm³/mol. The molecule has 1 heterocycles. The zero-order chi connectivity index (χ0) is 37.8. The molecule has 4 aromatic carbocycles. The van der Waals surface area contributed by atoms with E-state index < -0.39 is 35.0 Å². The van der Waals surface area contributed by atoms with Crippen LogP contribution < -0.4 is 19.6 Å². The number of benzene rings is 4. The van der Waals surface area contributed by atoms with Gasteiger partial charge in [0.05, 0.1) is 0 Å². The van der Waals surface area contributed by atoms with Crippen LogP contribution in [0.1, 0.15) is 47.9 Å². The average Bonchev–Trinajstić information content (AvgIpc) is 3.10. The summed E-state index contributed by atoms with van der Waals surface area (Å²) >= 11 is 0. The van der Waals surface area contributed by atoms with Gasteiger partial charge in [0, 0.05) is 105 Å². The standard InChI is InChI=1S/C44H52N4O4/c1-43(2)51-41(49)44(42(50)52-43,39(33-17-25-37(26-18-33)47(7)8)29-15-31-11-21-35(22-12-31)45(3)4)40(34-19-27-38(28-20-34)48(9)10)30-16-32-13-23-36(24-14-32)46(5)6/h11-30,39-40H,1-10H3/b29-15+,30-16+. The molecule has 1 saturated heterocycles. The van der Waals surface area contributed by atoms with Gasteiger partial charge >= 0.3 is 11.9 Å². The van der Waals surface area contributed by atoms with Crippen molar-refractivity contribution in [3.8, 4) is 0 Å². The van der Waals surface area contributed by atoms with Crippen LogP contribution in [0, 0.1) is 5.41 Å². The Kier molecular flexibility index (Phi) is 11.2. The molecule has 0 saturated carbocycles. The number of esters is 2. The first-order chi connectivity index (χ1) is 24.6. The summed E-state index contributed by atoms with van der Waals surface area (Å²) in [4.78, 5) is 38.0. The first-order valence-electron chi connectivity index (χ1n) is 17.5. The molecule has 0 spiro atoms. The number of ether oxygens (including phenoxy) is 2. The molecule has 0 N–H and O–H groups in total. The van der Waals surface area contributed by atoms with Crippen LogP contribution >= 0.6 is 0 Å². The summed E-state index contributed by atoms with van der Waals surface area (Å²) in [5.74, 6) is -4.29. The van der Waals surface area contributed by atoms with Crippen molar-refractivity contribution in [1.29, 1.82) is 0 Å². The van der Waals surface area contributed by atoms with Crippen LogP contribution in [0.2, 0.25) is 0 Å². The molecule has 8 heteroatoms. The smallest absolute Gasteiger partial charge is 0.328 e. The van der Waals surface area contributed by atoms with E-state index in [2.05, 4.69) is 0 Å². The van der Waals surface area contributed by atoms with E-state index in [-0.39, 0.29) is 0 Å². The van der Waals surface area contributed by atoms with Crippen LogP contribution in [-0.2, 0) is 19.1 Å². The molecule has 0 radical (unpaired) electrons. The van der Waals surface area contributed by atoms with Crippen molar-refractivity contribution in [2.24, 2.45) is 5.41 Å². The molecule has 1 fully saturated rings. The van der Waals surface area contributed by atoms with Crippen molar-refractivity contribution < 1.29 is 19.1 Å². The number of nitrogens with zero attached hydrogens (tertiary/aromatic N) is 4. The molecule has 4 aromatic rings. The third-order valence-electron chi connectivity index (χ3n) is 9.65. The Morgan fingerprint density at radius 3 is 1.00 bits per heavy atom. The molecule has 1 aliphatic rings. The van der Waals surface area contributed by atoms with Crippen LogP contribution in [0.3, 0.4) is 0 Å². The first-order valence-corrected chi connectivity index (χ1v) is 17.5. The van der Waals surface area contributed by atoms with Crippen molar-refractivity contribution >= 4 is 46.8 Å². The Balaban J connectivity index is 1.78. The molecule has 2 unspecified atom stereocenters. The molecule has 272 valence electrons. The van der Waals surface area contributed by atoms with Crippen molar-refractivity contribution in [1.82, 2.24) is 0 Å². The second kappa shape index (κ2) is 15.4. The number of allylic oxidation sites excluding steroid dienone is 2. The summed E-state index contributed by atoms with van der Waals surface area (Å²) in [5, 5.41) is 0. The highest BCUT2D eigenvalue weighted by Gasteiger charge is 2.64. The normalized spacial score (nSPS) is 16.3. The Morgan fingerprint density at radius 1 is 0.462 bits per heavy atom. The zero-order valence-corrected chi connectivity index (χ0v) is 32.1. The Hall–Kier alpha value is -5.50. The van der Waals surface area contributed by atoms with E-state index in [1.807, 2.05) is 197 Å². The lowest BCUT2D eigenvalue weighted by molar-refractivity contribution is -0.253. The van der Waals surface area contributed by atoms with Crippen LogP contribution in [-0.4, -0.2) is 74.1 Å². The minimum Gasteiger partial charge on any atom is -0.422 e. The zero-order valence-electron chi connectivity index (χ0n) is 32.1. The number of hydrogen-bond donors (Lipinski definition) is 0. The van der Waals surface area contributed by atoms with E-state index in [1.165, 1.54) is 0 Å². The number of carbonyl (C=O) groups is 2.